The van der Waals surface area contributed by atoms with Gasteiger partial charge in [-0.2, -0.15) is 0 Å². The molecular formula is C15H23Zr. The van der Waals surface area contributed by atoms with Crippen molar-refractivity contribution in [2.45, 2.75) is 36.0 Å². The van der Waals surface area contributed by atoms with Gasteiger partial charge in [0.15, 0.2) is 0 Å². The van der Waals surface area contributed by atoms with E-state index < -0.39 is 21.8 Å². The summed E-state index contributed by atoms with van der Waals surface area (Å²) in [5.74, 6) is 0.689. The van der Waals surface area contributed by atoms with Crippen LogP contribution in [0.2, 0.25) is 8.26 Å². The molecule has 0 heterocycles. The maximum absolute atomic E-state index is 3.92. The van der Waals surface area contributed by atoms with Crippen LogP contribution in [-0.4, -0.2) is 0 Å². The van der Waals surface area contributed by atoms with Crippen molar-refractivity contribution in [3.8, 4) is 0 Å². The van der Waals surface area contributed by atoms with Crippen LogP contribution in [0.15, 0.2) is 45.3 Å². The van der Waals surface area contributed by atoms with E-state index in [1.54, 1.807) is 14.4 Å². The van der Waals surface area contributed by atoms with E-state index in [1.807, 2.05) is 0 Å². The first-order chi connectivity index (χ1) is 7.54. The molecule has 0 amide bonds. The Bertz CT molecular complexity index is 348. The van der Waals surface area contributed by atoms with Gasteiger partial charge in [0.05, 0.1) is 0 Å². The molecule has 0 aromatic rings. The van der Waals surface area contributed by atoms with E-state index in [2.05, 4.69) is 53.0 Å². The van der Waals surface area contributed by atoms with E-state index in [0.717, 1.165) is 0 Å². The molecule has 0 fully saturated rings. The summed E-state index contributed by atoms with van der Waals surface area (Å²) in [4.78, 5) is 0. The summed E-state index contributed by atoms with van der Waals surface area (Å²) in [5.41, 5.74) is 4.70. The molecular weight excluding hydrogens is 271 g/mol. The fraction of sp³-hybridized carbons (Fsp3) is 0.467. The molecule has 1 aliphatic carbocycles. The standard InChI is InChI=1S/C9H13.2C3H5.Zr/c1-6-5-7(2)9(4)8(6)3;2*1-3-2;/h6H,1-4H3;2*3H,1-2H2;. The van der Waals surface area contributed by atoms with Gasteiger partial charge in [0.25, 0.3) is 0 Å². The minimum absolute atomic E-state index is 0.689. The van der Waals surface area contributed by atoms with Crippen molar-refractivity contribution in [3.05, 3.63) is 45.3 Å². The summed E-state index contributed by atoms with van der Waals surface area (Å²) in [6.45, 7) is 17.1. The van der Waals surface area contributed by atoms with Crippen molar-refractivity contribution < 1.29 is 21.8 Å². The van der Waals surface area contributed by atoms with Gasteiger partial charge in [-0.15, -0.1) is 0 Å². The third-order valence-corrected chi connectivity index (χ3v) is 11.5. The molecule has 0 radical (unpaired) electrons. The summed E-state index contributed by atoms with van der Waals surface area (Å²) >= 11 is -1.49. The first-order valence-corrected chi connectivity index (χ1v) is 10.7. The Hall–Kier alpha value is -0.157. The molecule has 87 valence electrons. The van der Waals surface area contributed by atoms with E-state index in [9.17, 15) is 0 Å². The van der Waals surface area contributed by atoms with Gasteiger partial charge in [0, 0.05) is 0 Å². The number of rotatable bonds is 5. The van der Waals surface area contributed by atoms with E-state index in [-0.39, 0.29) is 0 Å². The van der Waals surface area contributed by atoms with E-state index in [4.69, 9.17) is 0 Å². The molecule has 0 saturated heterocycles. The molecule has 1 rings (SSSR count). The van der Waals surface area contributed by atoms with Crippen molar-refractivity contribution in [2.24, 2.45) is 5.92 Å². The fourth-order valence-electron chi connectivity index (χ4n) is 2.59. The third kappa shape index (κ3) is 2.56. The average molecular weight is 295 g/mol. The Kier molecular flexibility index (Phi) is 5.18. The minimum atomic E-state index is -1.49. The van der Waals surface area contributed by atoms with Crippen LogP contribution in [0, 0.1) is 5.92 Å². The Morgan fingerprint density at radius 2 is 1.56 bits per heavy atom. The molecule has 0 aliphatic heterocycles. The maximum atomic E-state index is 3.92. The summed E-state index contributed by atoms with van der Waals surface area (Å²) < 4.78 is 4.31. The number of hydrogen-bond donors (Lipinski definition) is 0. The topological polar surface area (TPSA) is 0 Å². The van der Waals surface area contributed by atoms with Crippen molar-refractivity contribution in [2.75, 3.05) is 0 Å². The van der Waals surface area contributed by atoms with Gasteiger partial charge in [-0.05, 0) is 0 Å². The summed E-state index contributed by atoms with van der Waals surface area (Å²) in [6, 6.07) is 0. The molecule has 0 spiro atoms. The van der Waals surface area contributed by atoms with Crippen LogP contribution >= 0.6 is 0 Å². The number of allylic oxidation sites excluding steroid dienone is 6. The summed E-state index contributed by atoms with van der Waals surface area (Å²) in [5, 5.41) is 0. The molecule has 0 N–H and O–H groups in total. The second-order valence-corrected chi connectivity index (χ2v) is 11.0. The SMILES string of the molecule is C=C[CH2][Zr]([CH2]C=C)[C]1=C(C)C(C)=C(C)C1C. The first kappa shape index (κ1) is 13.9. The van der Waals surface area contributed by atoms with Crippen LogP contribution in [0.5, 0.6) is 0 Å². The zero-order chi connectivity index (χ0) is 12.3. The van der Waals surface area contributed by atoms with Gasteiger partial charge in [-0.25, -0.2) is 0 Å². The predicted molar refractivity (Wildman–Crippen MR) is 70.2 cm³/mol. The van der Waals surface area contributed by atoms with Gasteiger partial charge >= 0.3 is 109 Å². The number of hydrogen-bond acceptors (Lipinski definition) is 0. The van der Waals surface area contributed by atoms with Gasteiger partial charge in [0.2, 0.25) is 0 Å². The van der Waals surface area contributed by atoms with Crippen molar-refractivity contribution >= 4 is 0 Å². The molecule has 16 heavy (non-hydrogen) atoms. The Balaban J connectivity index is 3.03. The third-order valence-electron chi connectivity index (χ3n) is 3.80. The van der Waals surface area contributed by atoms with Crippen molar-refractivity contribution in [1.29, 1.82) is 0 Å². The average Bonchev–Trinajstić information content (AvgIpc) is 2.44. The molecule has 0 bridgehead atoms. The summed E-state index contributed by atoms with van der Waals surface area (Å²) in [6.07, 6.45) is 4.24. The Labute approximate surface area is 109 Å². The zero-order valence-corrected chi connectivity index (χ0v) is 13.5. The quantitative estimate of drug-likeness (QED) is 0.621. The van der Waals surface area contributed by atoms with E-state index >= 15 is 0 Å². The van der Waals surface area contributed by atoms with Crippen LogP contribution in [0.1, 0.15) is 27.7 Å². The molecule has 0 nitrogen and oxygen atoms in total. The van der Waals surface area contributed by atoms with Crippen LogP contribution in [-0.2, 0) is 21.8 Å². The Morgan fingerprint density at radius 1 is 1.06 bits per heavy atom. The monoisotopic (exact) mass is 293 g/mol. The fourth-order valence-corrected chi connectivity index (χ4v) is 9.59. The Morgan fingerprint density at radius 3 is 1.88 bits per heavy atom. The van der Waals surface area contributed by atoms with Crippen molar-refractivity contribution in [1.82, 2.24) is 0 Å². The predicted octanol–water partition coefficient (Wildman–Crippen LogP) is 5.07. The summed E-state index contributed by atoms with van der Waals surface area (Å²) in [7, 11) is 0. The normalized spacial score (nSPS) is 20.4. The molecule has 1 aliphatic rings. The zero-order valence-electron chi connectivity index (χ0n) is 11.1. The first-order valence-electron chi connectivity index (χ1n) is 5.99. The van der Waals surface area contributed by atoms with Crippen LogP contribution in [0.4, 0.5) is 0 Å². The molecule has 0 aromatic carbocycles. The van der Waals surface area contributed by atoms with Crippen LogP contribution in [0.25, 0.3) is 0 Å². The van der Waals surface area contributed by atoms with E-state index in [0.29, 0.717) is 5.92 Å². The molecule has 1 heteroatoms. The van der Waals surface area contributed by atoms with Gasteiger partial charge in [-0.3, -0.25) is 0 Å². The van der Waals surface area contributed by atoms with Crippen LogP contribution < -0.4 is 0 Å². The van der Waals surface area contributed by atoms with Crippen LogP contribution in [0.3, 0.4) is 0 Å². The van der Waals surface area contributed by atoms with Gasteiger partial charge < -0.3 is 0 Å². The molecule has 1 unspecified atom stereocenters. The van der Waals surface area contributed by atoms with Gasteiger partial charge in [-0.1, -0.05) is 0 Å². The second kappa shape index (κ2) is 5.96. The van der Waals surface area contributed by atoms with Gasteiger partial charge in [0.1, 0.15) is 0 Å². The molecule has 0 aromatic heterocycles. The second-order valence-electron chi connectivity index (χ2n) is 4.66. The van der Waals surface area contributed by atoms with E-state index in [1.165, 1.54) is 13.8 Å². The molecule has 1 atom stereocenters. The molecule has 0 saturated carbocycles. The van der Waals surface area contributed by atoms with Crippen molar-refractivity contribution in [3.63, 3.8) is 0 Å².